The van der Waals surface area contributed by atoms with Gasteiger partial charge in [0.05, 0.1) is 22.4 Å². The number of aromatic nitrogens is 2. The van der Waals surface area contributed by atoms with Crippen molar-refractivity contribution < 1.29 is 9.90 Å². The van der Waals surface area contributed by atoms with Gasteiger partial charge >= 0.3 is 0 Å². The Kier molecular flexibility index (Phi) is 3.04. The minimum atomic E-state index is -0.261. The lowest BCUT2D eigenvalue weighted by Gasteiger charge is -2.06. The molecule has 0 radical (unpaired) electrons. The van der Waals surface area contributed by atoms with E-state index in [0.29, 0.717) is 11.3 Å². The number of aromatic hydroxyl groups is 1. The number of benzene rings is 2. The summed E-state index contributed by atoms with van der Waals surface area (Å²) in [6, 6.07) is 9.68. The summed E-state index contributed by atoms with van der Waals surface area (Å²) in [4.78, 5) is 19.2. The molecule has 0 fully saturated rings. The molecule has 20 heavy (non-hydrogen) atoms. The first-order valence-corrected chi connectivity index (χ1v) is 6.24. The second-order valence-electron chi connectivity index (χ2n) is 4.25. The van der Waals surface area contributed by atoms with E-state index in [-0.39, 0.29) is 16.7 Å². The molecule has 3 rings (SSSR count). The zero-order chi connectivity index (χ0) is 14.1. The van der Waals surface area contributed by atoms with Crippen LogP contribution >= 0.6 is 11.6 Å². The molecule has 0 saturated heterocycles. The van der Waals surface area contributed by atoms with Crippen LogP contribution in [0.3, 0.4) is 0 Å². The highest BCUT2D eigenvalue weighted by Gasteiger charge is 2.09. The summed E-state index contributed by atoms with van der Waals surface area (Å²) in [7, 11) is 0. The number of anilines is 1. The first-order chi connectivity index (χ1) is 9.63. The number of imidazole rings is 1. The zero-order valence-electron chi connectivity index (χ0n) is 10.2. The quantitative estimate of drug-likeness (QED) is 0.634. The third kappa shape index (κ3) is 2.31. The maximum absolute atomic E-state index is 12.1. The number of hydrogen-bond donors (Lipinski definition) is 3. The molecule has 0 aliphatic rings. The molecule has 6 heteroatoms. The van der Waals surface area contributed by atoms with Crippen molar-refractivity contribution in [3.05, 3.63) is 53.3 Å². The van der Waals surface area contributed by atoms with Crippen molar-refractivity contribution in [1.82, 2.24) is 9.97 Å². The Balaban J connectivity index is 1.86. The molecule has 1 heterocycles. The van der Waals surface area contributed by atoms with E-state index in [9.17, 15) is 9.90 Å². The molecule has 0 bridgehead atoms. The number of phenols is 1. The highest BCUT2D eigenvalue weighted by molar-refractivity contribution is 6.32. The van der Waals surface area contributed by atoms with Crippen LogP contribution < -0.4 is 5.32 Å². The number of carbonyl (C=O) groups excluding carboxylic acids is 1. The molecule has 1 amide bonds. The van der Waals surface area contributed by atoms with Crippen molar-refractivity contribution in [2.24, 2.45) is 0 Å². The second-order valence-corrected chi connectivity index (χ2v) is 4.66. The standard InChI is InChI=1S/C14H10ClN3O2/c15-10-6-9(2-4-13(10)19)18-14(20)8-1-3-11-12(5-8)17-7-16-11/h1-7,19H,(H,16,17)(H,18,20). The van der Waals surface area contributed by atoms with Gasteiger partial charge in [-0.05, 0) is 36.4 Å². The van der Waals surface area contributed by atoms with E-state index in [1.807, 2.05) is 0 Å². The molecule has 0 saturated carbocycles. The molecule has 100 valence electrons. The van der Waals surface area contributed by atoms with Gasteiger partial charge in [0.15, 0.2) is 0 Å². The number of phenolic OH excluding ortho intramolecular Hbond substituents is 1. The van der Waals surface area contributed by atoms with Gasteiger partial charge in [-0.3, -0.25) is 4.79 Å². The summed E-state index contributed by atoms with van der Waals surface area (Å²) >= 11 is 5.79. The van der Waals surface area contributed by atoms with Gasteiger partial charge in [-0.1, -0.05) is 11.6 Å². The lowest BCUT2D eigenvalue weighted by Crippen LogP contribution is -2.11. The molecular weight excluding hydrogens is 278 g/mol. The van der Waals surface area contributed by atoms with Gasteiger partial charge in [0.2, 0.25) is 0 Å². The first kappa shape index (κ1) is 12.5. The molecule has 3 aromatic rings. The van der Waals surface area contributed by atoms with Gasteiger partial charge in [-0.2, -0.15) is 0 Å². The summed E-state index contributed by atoms with van der Waals surface area (Å²) in [5.74, 6) is -0.285. The maximum Gasteiger partial charge on any atom is 0.255 e. The highest BCUT2D eigenvalue weighted by Crippen LogP contribution is 2.26. The molecule has 3 N–H and O–H groups in total. The Morgan fingerprint density at radius 1 is 1.25 bits per heavy atom. The number of hydrogen-bond acceptors (Lipinski definition) is 3. The van der Waals surface area contributed by atoms with E-state index in [1.54, 1.807) is 30.6 Å². The predicted octanol–water partition coefficient (Wildman–Crippen LogP) is 3.17. The van der Waals surface area contributed by atoms with Gasteiger partial charge in [-0.25, -0.2) is 4.98 Å². The Labute approximate surface area is 119 Å². The van der Waals surface area contributed by atoms with E-state index >= 15 is 0 Å². The number of nitrogens with one attached hydrogen (secondary N) is 2. The lowest BCUT2D eigenvalue weighted by atomic mass is 10.2. The largest absolute Gasteiger partial charge is 0.506 e. The molecule has 0 aliphatic heterocycles. The average molecular weight is 288 g/mol. The SMILES string of the molecule is O=C(Nc1ccc(O)c(Cl)c1)c1ccc2nc[nH]c2c1. The molecule has 2 aromatic carbocycles. The Hall–Kier alpha value is -2.53. The number of aromatic amines is 1. The van der Waals surface area contributed by atoms with E-state index in [1.165, 1.54) is 12.1 Å². The molecule has 0 spiro atoms. The third-order valence-corrected chi connectivity index (χ3v) is 3.19. The van der Waals surface area contributed by atoms with Crippen molar-refractivity contribution in [3.8, 4) is 5.75 Å². The minimum Gasteiger partial charge on any atom is -0.506 e. The van der Waals surface area contributed by atoms with Crippen LogP contribution in [0.2, 0.25) is 5.02 Å². The van der Waals surface area contributed by atoms with Crippen molar-refractivity contribution in [2.75, 3.05) is 5.32 Å². The summed E-state index contributed by atoms with van der Waals surface area (Å²) in [5.41, 5.74) is 2.61. The molecule has 0 unspecified atom stereocenters. The van der Waals surface area contributed by atoms with Crippen LogP contribution in [0.5, 0.6) is 5.75 Å². The van der Waals surface area contributed by atoms with Crippen molar-refractivity contribution in [3.63, 3.8) is 0 Å². The van der Waals surface area contributed by atoms with Crippen molar-refractivity contribution >= 4 is 34.2 Å². The number of carbonyl (C=O) groups is 1. The van der Waals surface area contributed by atoms with Crippen LogP contribution in [-0.2, 0) is 0 Å². The van der Waals surface area contributed by atoms with Crippen LogP contribution in [-0.4, -0.2) is 21.0 Å². The Bertz CT molecular complexity index is 798. The molecule has 5 nitrogen and oxygen atoms in total. The second kappa shape index (κ2) is 4.86. The van der Waals surface area contributed by atoms with E-state index in [0.717, 1.165) is 11.0 Å². The van der Waals surface area contributed by atoms with Gasteiger partial charge in [0.1, 0.15) is 5.75 Å². The molecular formula is C14H10ClN3O2. The normalized spacial score (nSPS) is 10.7. The Morgan fingerprint density at radius 3 is 2.90 bits per heavy atom. The molecule has 1 aromatic heterocycles. The number of halogens is 1. The number of fused-ring (bicyclic) bond motifs is 1. The van der Waals surface area contributed by atoms with Crippen LogP contribution in [0.1, 0.15) is 10.4 Å². The van der Waals surface area contributed by atoms with E-state index in [2.05, 4.69) is 15.3 Å². The van der Waals surface area contributed by atoms with Gasteiger partial charge in [0, 0.05) is 11.3 Å². The average Bonchev–Trinajstić information content (AvgIpc) is 2.90. The van der Waals surface area contributed by atoms with Crippen LogP contribution in [0.4, 0.5) is 5.69 Å². The summed E-state index contributed by atoms with van der Waals surface area (Å²) in [6.07, 6.45) is 1.58. The fraction of sp³-hybridized carbons (Fsp3) is 0. The topological polar surface area (TPSA) is 78.0 Å². The monoisotopic (exact) mass is 287 g/mol. The fourth-order valence-corrected chi connectivity index (χ4v) is 2.05. The predicted molar refractivity (Wildman–Crippen MR) is 77.2 cm³/mol. The first-order valence-electron chi connectivity index (χ1n) is 5.86. The number of amides is 1. The minimum absolute atomic E-state index is 0.0245. The van der Waals surface area contributed by atoms with Crippen LogP contribution in [0.15, 0.2) is 42.7 Å². The highest BCUT2D eigenvalue weighted by atomic mass is 35.5. The summed E-state index contributed by atoms with van der Waals surface area (Å²) in [5, 5.41) is 12.2. The number of nitrogens with zero attached hydrogens (tertiary/aromatic N) is 1. The maximum atomic E-state index is 12.1. The fourth-order valence-electron chi connectivity index (χ4n) is 1.86. The lowest BCUT2D eigenvalue weighted by molar-refractivity contribution is 0.102. The zero-order valence-corrected chi connectivity index (χ0v) is 11.0. The summed E-state index contributed by atoms with van der Waals surface area (Å²) in [6.45, 7) is 0. The summed E-state index contributed by atoms with van der Waals surface area (Å²) < 4.78 is 0. The van der Waals surface area contributed by atoms with Crippen LogP contribution in [0.25, 0.3) is 11.0 Å². The molecule has 0 atom stereocenters. The van der Waals surface area contributed by atoms with Gasteiger partial charge in [-0.15, -0.1) is 0 Å². The van der Waals surface area contributed by atoms with E-state index in [4.69, 9.17) is 11.6 Å². The van der Waals surface area contributed by atoms with Crippen molar-refractivity contribution in [1.29, 1.82) is 0 Å². The van der Waals surface area contributed by atoms with E-state index < -0.39 is 0 Å². The third-order valence-electron chi connectivity index (χ3n) is 2.89. The van der Waals surface area contributed by atoms with Gasteiger partial charge in [0.25, 0.3) is 5.91 Å². The molecule has 0 aliphatic carbocycles. The van der Waals surface area contributed by atoms with Gasteiger partial charge < -0.3 is 15.4 Å². The van der Waals surface area contributed by atoms with Crippen LogP contribution in [0, 0.1) is 0 Å². The van der Waals surface area contributed by atoms with Crippen molar-refractivity contribution in [2.45, 2.75) is 0 Å². The number of H-pyrrole nitrogens is 1. The Morgan fingerprint density at radius 2 is 2.10 bits per heavy atom. The number of rotatable bonds is 2. The smallest absolute Gasteiger partial charge is 0.255 e.